The van der Waals surface area contributed by atoms with Crippen LogP contribution in [0.1, 0.15) is 43.5 Å². The number of carbonyl (C=O) groups excluding carboxylic acids is 1. The lowest BCUT2D eigenvalue weighted by Crippen LogP contribution is -2.32. The van der Waals surface area contributed by atoms with Gasteiger partial charge in [0.15, 0.2) is 11.5 Å². The molecule has 0 saturated carbocycles. The van der Waals surface area contributed by atoms with Crippen molar-refractivity contribution >= 4 is 23.6 Å². The number of carbonyl (C=O) groups is 1. The molecule has 0 aliphatic carbocycles. The Labute approximate surface area is 177 Å². The van der Waals surface area contributed by atoms with Gasteiger partial charge in [-0.15, -0.1) is 0 Å². The van der Waals surface area contributed by atoms with Gasteiger partial charge in [0.25, 0.3) is 0 Å². The van der Waals surface area contributed by atoms with Crippen LogP contribution in [0.2, 0.25) is 5.02 Å². The van der Waals surface area contributed by atoms with Gasteiger partial charge in [0.05, 0.1) is 36.4 Å². The number of hydrogen-bond acceptors (Lipinski definition) is 4. The van der Waals surface area contributed by atoms with E-state index in [1.807, 2.05) is 32.9 Å². The number of nitriles is 1. The summed E-state index contributed by atoms with van der Waals surface area (Å²) in [6.45, 7) is 6.81. The predicted octanol–water partition coefficient (Wildman–Crippen LogP) is 5.24. The third kappa shape index (κ3) is 5.52. The van der Waals surface area contributed by atoms with Gasteiger partial charge in [-0.25, -0.2) is 0 Å². The normalized spacial score (nSPS) is 11.7. The van der Waals surface area contributed by atoms with Crippen LogP contribution >= 0.6 is 11.6 Å². The first-order chi connectivity index (χ1) is 13.9. The summed E-state index contributed by atoms with van der Waals surface area (Å²) in [5.41, 5.74) is 2.31. The van der Waals surface area contributed by atoms with Crippen LogP contribution in [0.4, 0.5) is 0 Å². The van der Waals surface area contributed by atoms with Gasteiger partial charge in [-0.2, -0.15) is 5.26 Å². The molecule has 0 saturated heterocycles. The van der Waals surface area contributed by atoms with E-state index in [4.69, 9.17) is 26.3 Å². The van der Waals surface area contributed by atoms with Gasteiger partial charge in [-0.1, -0.05) is 23.7 Å². The Balaban J connectivity index is 2.22. The second-order valence-corrected chi connectivity index (χ2v) is 6.74. The van der Waals surface area contributed by atoms with Crippen molar-refractivity contribution < 1.29 is 14.3 Å². The standard InChI is InChI=1S/C23H25ClN2O3/c1-5-26(16(3)19-10-7-17(15-25)8-11-19)22(27)12-9-18-13-20(24)23(28-4)21(14-18)29-6-2/h7-14,16H,5-6H2,1-4H3/b12-9+/t16-/m0/s1. The zero-order valence-electron chi connectivity index (χ0n) is 17.1. The minimum absolute atomic E-state index is 0.116. The summed E-state index contributed by atoms with van der Waals surface area (Å²) in [5.74, 6) is 0.892. The number of likely N-dealkylation sites (N-methyl/N-ethyl adjacent to an activating group) is 1. The number of hydrogen-bond donors (Lipinski definition) is 0. The van der Waals surface area contributed by atoms with Crippen LogP contribution in [0.25, 0.3) is 6.08 Å². The van der Waals surface area contributed by atoms with E-state index in [-0.39, 0.29) is 11.9 Å². The number of ether oxygens (including phenoxy) is 2. The van der Waals surface area contributed by atoms with Crippen molar-refractivity contribution in [1.29, 1.82) is 5.26 Å². The SMILES string of the molecule is CCOc1cc(/C=C/C(=O)N(CC)[C@@H](C)c2ccc(C#N)cc2)cc(Cl)c1OC. The average Bonchev–Trinajstić information content (AvgIpc) is 2.73. The molecule has 0 fully saturated rings. The van der Waals surface area contributed by atoms with Gasteiger partial charge in [0.1, 0.15) is 0 Å². The second-order valence-electron chi connectivity index (χ2n) is 6.33. The fourth-order valence-corrected chi connectivity index (χ4v) is 3.34. The summed E-state index contributed by atoms with van der Waals surface area (Å²) in [6, 6.07) is 12.8. The van der Waals surface area contributed by atoms with Crippen LogP contribution in [-0.4, -0.2) is 31.1 Å². The Morgan fingerprint density at radius 1 is 1.28 bits per heavy atom. The number of benzene rings is 2. The molecule has 0 radical (unpaired) electrons. The van der Waals surface area contributed by atoms with E-state index < -0.39 is 0 Å². The summed E-state index contributed by atoms with van der Waals surface area (Å²) in [4.78, 5) is 14.6. The molecule has 2 aromatic rings. The second kappa shape index (κ2) is 10.5. The molecule has 1 atom stereocenters. The Morgan fingerprint density at radius 3 is 2.52 bits per heavy atom. The maximum atomic E-state index is 12.8. The molecule has 152 valence electrons. The number of rotatable bonds is 8. The maximum Gasteiger partial charge on any atom is 0.247 e. The number of methoxy groups -OCH3 is 1. The summed E-state index contributed by atoms with van der Waals surface area (Å²) in [7, 11) is 1.53. The quantitative estimate of drug-likeness (QED) is 0.556. The number of amides is 1. The molecule has 1 amide bonds. The van der Waals surface area contributed by atoms with Gasteiger partial charge in [-0.05, 0) is 62.2 Å². The first-order valence-electron chi connectivity index (χ1n) is 9.44. The molecule has 29 heavy (non-hydrogen) atoms. The number of halogens is 1. The van der Waals surface area contributed by atoms with Crippen LogP contribution in [-0.2, 0) is 4.79 Å². The average molecular weight is 413 g/mol. The van der Waals surface area contributed by atoms with Crippen molar-refractivity contribution in [2.24, 2.45) is 0 Å². The molecule has 0 N–H and O–H groups in total. The van der Waals surface area contributed by atoms with Crippen LogP contribution in [0.3, 0.4) is 0 Å². The van der Waals surface area contributed by atoms with Crippen LogP contribution in [0.5, 0.6) is 11.5 Å². The fraction of sp³-hybridized carbons (Fsp3) is 0.304. The Bertz CT molecular complexity index is 917. The molecule has 0 bridgehead atoms. The molecule has 0 aliphatic rings. The molecule has 0 aromatic heterocycles. The highest BCUT2D eigenvalue weighted by molar-refractivity contribution is 6.32. The molecule has 0 heterocycles. The van der Waals surface area contributed by atoms with Gasteiger partial charge < -0.3 is 14.4 Å². The van der Waals surface area contributed by atoms with E-state index in [0.29, 0.717) is 35.2 Å². The number of nitrogens with zero attached hydrogens (tertiary/aromatic N) is 2. The zero-order valence-corrected chi connectivity index (χ0v) is 17.9. The summed E-state index contributed by atoms with van der Waals surface area (Å²) in [6.07, 6.45) is 3.24. The minimum Gasteiger partial charge on any atom is -0.491 e. The summed E-state index contributed by atoms with van der Waals surface area (Å²) < 4.78 is 10.9. The Hall–Kier alpha value is -2.97. The molecular weight excluding hydrogens is 388 g/mol. The molecular formula is C23H25ClN2O3. The summed E-state index contributed by atoms with van der Waals surface area (Å²) in [5, 5.41) is 9.36. The van der Waals surface area contributed by atoms with Crippen LogP contribution in [0.15, 0.2) is 42.5 Å². The van der Waals surface area contributed by atoms with Crippen molar-refractivity contribution in [3.63, 3.8) is 0 Å². The Morgan fingerprint density at radius 2 is 1.97 bits per heavy atom. The first kappa shape index (κ1) is 22.3. The molecule has 2 aromatic carbocycles. The third-order valence-corrected chi connectivity index (χ3v) is 4.85. The lowest BCUT2D eigenvalue weighted by atomic mass is 10.0. The highest BCUT2D eigenvalue weighted by Gasteiger charge is 2.18. The topological polar surface area (TPSA) is 62.6 Å². The molecule has 2 rings (SSSR count). The summed E-state index contributed by atoms with van der Waals surface area (Å²) >= 11 is 6.27. The fourth-order valence-electron chi connectivity index (χ4n) is 3.05. The van der Waals surface area contributed by atoms with E-state index >= 15 is 0 Å². The molecule has 0 spiro atoms. The lowest BCUT2D eigenvalue weighted by Gasteiger charge is -2.27. The monoisotopic (exact) mass is 412 g/mol. The molecule has 5 nitrogen and oxygen atoms in total. The zero-order chi connectivity index (χ0) is 21.4. The first-order valence-corrected chi connectivity index (χ1v) is 9.81. The Kier molecular flexibility index (Phi) is 8.11. The van der Waals surface area contributed by atoms with Crippen molar-refractivity contribution in [3.05, 3.63) is 64.2 Å². The van der Waals surface area contributed by atoms with Crippen LogP contribution in [0, 0.1) is 11.3 Å². The van der Waals surface area contributed by atoms with E-state index in [2.05, 4.69) is 6.07 Å². The lowest BCUT2D eigenvalue weighted by molar-refractivity contribution is -0.127. The largest absolute Gasteiger partial charge is 0.491 e. The smallest absolute Gasteiger partial charge is 0.247 e. The molecule has 6 heteroatoms. The highest BCUT2D eigenvalue weighted by atomic mass is 35.5. The van der Waals surface area contributed by atoms with Gasteiger partial charge >= 0.3 is 0 Å². The molecule has 0 aliphatic heterocycles. The highest BCUT2D eigenvalue weighted by Crippen LogP contribution is 2.36. The van der Waals surface area contributed by atoms with Gasteiger partial charge in [0.2, 0.25) is 5.91 Å². The third-order valence-electron chi connectivity index (χ3n) is 4.57. The van der Waals surface area contributed by atoms with Crippen molar-refractivity contribution in [2.75, 3.05) is 20.3 Å². The minimum atomic E-state index is -0.122. The van der Waals surface area contributed by atoms with E-state index in [0.717, 1.165) is 11.1 Å². The van der Waals surface area contributed by atoms with Gasteiger partial charge in [0, 0.05) is 12.6 Å². The van der Waals surface area contributed by atoms with E-state index in [1.165, 1.54) is 13.2 Å². The van der Waals surface area contributed by atoms with Crippen molar-refractivity contribution in [1.82, 2.24) is 4.90 Å². The van der Waals surface area contributed by atoms with Crippen molar-refractivity contribution in [3.8, 4) is 17.6 Å². The van der Waals surface area contributed by atoms with Gasteiger partial charge in [-0.3, -0.25) is 4.79 Å². The van der Waals surface area contributed by atoms with Crippen LogP contribution < -0.4 is 9.47 Å². The maximum absolute atomic E-state index is 12.8. The van der Waals surface area contributed by atoms with E-state index in [9.17, 15) is 4.79 Å². The van der Waals surface area contributed by atoms with Crippen molar-refractivity contribution in [2.45, 2.75) is 26.8 Å². The molecule has 0 unspecified atom stereocenters. The van der Waals surface area contributed by atoms with E-state index in [1.54, 1.807) is 35.2 Å². The predicted molar refractivity (Wildman–Crippen MR) is 115 cm³/mol.